The topological polar surface area (TPSA) is 76.8 Å². The number of carbonyl (C=O) groups is 1. The summed E-state index contributed by atoms with van der Waals surface area (Å²) in [5, 5.41) is 6.99. The Balaban J connectivity index is 1.69. The number of nitrogens with zero attached hydrogens (tertiary/aromatic N) is 2. The molecule has 0 spiro atoms. The van der Waals surface area contributed by atoms with Gasteiger partial charge < -0.3 is 24.2 Å². The highest BCUT2D eigenvalue weighted by Gasteiger charge is 2.19. The molecule has 2 aromatic carbocycles. The number of hydrogen-bond acceptors (Lipinski definition) is 6. The third kappa shape index (κ3) is 5.44. The maximum absolute atomic E-state index is 13.0. The highest BCUT2D eigenvalue weighted by Crippen LogP contribution is 2.23. The van der Waals surface area contributed by atoms with E-state index < -0.39 is 0 Å². The van der Waals surface area contributed by atoms with Gasteiger partial charge in [-0.3, -0.25) is 4.79 Å². The molecule has 3 aromatic rings. The van der Waals surface area contributed by atoms with Crippen molar-refractivity contribution in [3.63, 3.8) is 0 Å². The van der Waals surface area contributed by atoms with Gasteiger partial charge in [-0.25, -0.2) is 0 Å². The van der Waals surface area contributed by atoms with Gasteiger partial charge in [0.1, 0.15) is 23.9 Å². The lowest BCUT2D eigenvalue weighted by molar-refractivity contribution is 0.0937. The van der Waals surface area contributed by atoms with E-state index in [-0.39, 0.29) is 18.6 Å². The average molecular weight is 424 g/mol. The molecule has 1 aromatic heterocycles. The minimum Gasteiger partial charge on any atom is -0.497 e. The predicted molar refractivity (Wildman–Crippen MR) is 119 cm³/mol. The minimum absolute atomic E-state index is 0.0187. The predicted octanol–water partition coefficient (Wildman–Crippen LogP) is 3.91. The molecular formula is C24H29N3O4. The number of rotatable bonds is 9. The number of benzene rings is 2. The number of ether oxygens (including phenoxy) is 2. The molecule has 1 N–H and O–H groups in total. The third-order valence-electron chi connectivity index (χ3n) is 5.26. The van der Waals surface area contributed by atoms with Crippen LogP contribution in [0.1, 0.15) is 39.0 Å². The number of carbonyl (C=O) groups excluding carboxylic acids is 1. The van der Waals surface area contributed by atoms with E-state index >= 15 is 0 Å². The summed E-state index contributed by atoms with van der Waals surface area (Å²) < 4.78 is 16.4. The Bertz CT molecular complexity index is 992. The van der Waals surface area contributed by atoms with Gasteiger partial charge in [-0.2, -0.15) is 0 Å². The second kappa shape index (κ2) is 10.1. The van der Waals surface area contributed by atoms with E-state index in [0.717, 1.165) is 22.6 Å². The van der Waals surface area contributed by atoms with Crippen LogP contribution in [-0.4, -0.2) is 43.7 Å². The van der Waals surface area contributed by atoms with Crippen LogP contribution in [0.25, 0.3) is 0 Å². The largest absolute Gasteiger partial charge is 0.497 e. The summed E-state index contributed by atoms with van der Waals surface area (Å²) in [6.07, 6.45) is 0. The lowest BCUT2D eigenvalue weighted by Crippen LogP contribution is -2.34. The zero-order valence-electron chi connectivity index (χ0n) is 18.6. The zero-order chi connectivity index (χ0) is 22.4. The van der Waals surface area contributed by atoms with Crippen LogP contribution >= 0.6 is 0 Å². The average Bonchev–Trinajstić information content (AvgIpc) is 3.10. The number of aryl methyl sites for hydroxylation is 2. The van der Waals surface area contributed by atoms with E-state index in [9.17, 15) is 4.79 Å². The lowest BCUT2D eigenvalue weighted by atomic mass is 10.1. The van der Waals surface area contributed by atoms with Gasteiger partial charge in [-0.1, -0.05) is 29.4 Å². The molecule has 1 unspecified atom stereocenters. The van der Waals surface area contributed by atoms with E-state index in [1.807, 2.05) is 64.3 Å². The number of amides is 1. The maximum atomic E-state index is 13.0. The zero-order valence-corrected chi connectivity index (χ0v) is 18.6. The number of methoxy groups -OCH3 is 1. The van der Waals surface area contributed by atoms with Crippen LogP contribution in [0.4, 0.5) is 0 Å². The van der Waals surface area contributed by atoms with Gasteiger partial charge in [0, 0.05) is 6.54 Å². The molecule has 31 heavy (non-hydrogen) atoms. The van der Waals surface area contributed by atoms with Crippen molar-refractivity contribution < 1.29 is 18.8 Å². The summed E-state index contributed by atoms with van der Waals surface area (Å²) in [7, 11) is 5.62. The summed E-state index contributed by atoms with van der Waals surface area (Å²) in [5.74, 6) is 1.85. The Morgan fingerprint density at radius 1 is 1.13 bits per heavy atom. The first-order chi connectivity index (χ1) is 14.9. The van der Waals surface area contributed by atoms with Crippen LogP contribution < -0.4 is 14.8 Å². The molecule has 0 fully saturated rings. The highest BCUT2D eigenvalue weighted by atomic mass is 16.5. The molecule has 7 heteroatoms. The summed E-state index contributed by atoms with van der Waals surface area (Å²) >= 11 is 0. The first-order valence-corrected chi connectivity index (χ1v) is 10.1. The molecule has 1 heterocycles. The Morgan fingerprint density at radius 2 is 1.84 bits per heavy atom. The summed E-state index contributed by atoms with van der Waals surface area (Å²) in [5.41, 5.74) is 3.26. The van der Waals surface area contributed by atoms with Crippen LogP contribution in [0.2, 0.25) is 0 Å². The number of hydrogen-bond donors (Lipinski definition) is 1. The standard InChI is InChI=1S/C24H29N3O4/c1-16-21(17(2)31-26-16)15-30-23-9-7-6-8-20(23)24(28)25-14-22(27(3)4)18-10-12-19(29-5)13-11-18/h6-13,22H,14-15H2,1-5H3,(H,25,28). The molecule has 0 aliphatic rings. The van der Waals surface area contributed by atoms with Crippen molar-refractivity contribution in [1.29, 1.82) is 0 Å². The van der Waals surface area contributed by atoms with Gasteiger partial charge in [0.2, 0.25) is 0 Å². The summed E-state index contributed by atoms with van der Waals surface area (Å²) in [4.78, 5) is 15.0. The molecule has 0 saturated carbocycles. The highest BCUT2D eigenvalue weighted by molar-refractivity contribution is 5.96. The summed E-state index contributed by atoms with van der Waals surface area (Å²) in [6, 6.07) is 15.1. The molecule has 0 radical (unpaired) electrons. The first-order valence-electron chi connectivity index (χ1n) is 10.1. The van der Waals surface area contributed by atoms with E-state index in [2.05, 4.69) is 15.4 Å². The van der Waals surface area contributed by atoms with Crippen molar-refractivity contribution in [3.8, 4) is 11.5 Å². The number of aromatic nitrogens is 1. The molecule has 3 rings (SSSR count). The number of likely N-dealkylation sites (N-methyl/N-ethyl adjacent to an activating group) is 1. The van der Waals surface area contributed by atoms with Gasteiger partial charge in [0.15, 0.2) is 0 Å². The molecular weight excluding hydrogens is 394 g/mol. The smallest absolute Gasteiger partial charge is 0.255 e. The van der Waals surface area contributed by atoms with Gasteiger partial charge >= 0.3 is 0 Å². The fourth-order valence-corrected chi connectivity index (χ4v) is 3.35. The molecule has 0 aliphatic carbocycles. The van der Waals surface area contributed by atoms with Gasteiger partial charge in [-0.15, -0.1) is 0 Å². The quantitative estimate of drug-likeness (QED) is 0.562. The van der Waals surface area contributed by atoms with Crippen molar-refractivity contribution >= 4 is 5.91 Å². The van der Waals surface area contributed by atoms with Crippen molar-refractivity contribution in [2.45, 2.75) is 26.5 Å². The van der Waals surface area contributed by atoms with E-state index in [1.165, 1.54) is 0 Å². The Hall–Kier alpha value is -3.32. The summed E-state index contributed by atoms with van der Waals surface area (Å²) in [6.45, 7) is 4.46. The van der Waals surface area contributed by atoms with Crippen LogP contribution in [0, 0.1) is 13.8 Å². The fourth-order valence-electron chi connectivity index (χ4n) is 3.35. The van der Waals surface area contributed by atoms with E-state index in [4.69, 9.17) is 14.0 Å². The number of nitrogens with one attached hydrogen (secondary N) is 1. The molecule has 0 saturated heterocycles. The number of para-hydroxylation sites is 1. The van der Waals surface area contributed by atoms with Crippen LogP contribution in [0.5, 0.6) is 11.5 Å². The Morgan fingerprint density at radius 3 is 2.45 bits per heavy atom. The third-order valence-corrected chi connectivity index (χ3v) is 5.26. The second-order valence-corrected chi connectivity index (χ2v) is 7.55. The normalized spacial score (nSPS) is 11.9. The van der Waals surface area contributed by atoms with Crippen LogP contribution in [0.3, 0.4) is 0 Å². The van der Waals surface area contributed by atoms with Crippen molar-refractivity contribution in [1.82, 2.24) is 15.4 Å². The Labute approximate surface area is 182 Å². The van der Waals surface area contributed by atoms with Crippen LogP contribution in [0.15, 0.2) is 53.1 Å². The monoisotopic (exact) mass is 423 g/mol. The van der Waals surface area contributed by atoms with Gasteiger partial charge in [0.05, 0.1) is 30.0 Å². The maximum Gasteiger partial charge on any atom is 0.255 e. The minimum atomic E-state index is -0.185. The molecule has 0 aliphatic heterocycles. The van der Waals surface area contributed by atoms with Gasteiger partial charge in [-0.05, 0) is 57.8 Å². The lowest BCUT2D eigenvalue weighted by Gasteiger charge is -2.25. The van der Waals surface area contributed by atoms with Crippen molar-refractivity contribution in [2.24, 2.45) is 0 Å². The Kier molecular flexibility index (Phi) is 7.31. The second-order valence-electron chi connectivity index (χ2n) is 7.55. The van der Waals surface area contributed by atoms with Crippen LogP contribution in [-0.2, 0) is 6.61 Å². The van der Waals surface area contributed by atoms with E-state index in [0.29, 0.717) is 23.6 Å². The van der Waals surface area contributed by atoms with Crippen molar-refractivity contribution in [2.75, 3.05) is 27.7 Å². The molecule has 7 nitrogen and oxygen atoms in total. The van der Waals surface area contributed by atoms with Crippen molar-refractivity contribution in [3.05, 3.63) is 76.7 Å². The molecule has 1 amide bonds. The van der Waals surface area contributed by atoms with Gasteiger partial charge in [0.25, 0.3) is 5.91 Å². The molecule has 164 valence electrons. The fraction of sp³-hybridized carbons (Fsp3) is 0.333. The SMILES string of the molecule is COc1ccc(C(CNC(=O)c2ccccc2OCc2c(C)noc2C)N(C)C)cc1. The first kappa shape index (κ1) is 22.4. The van der Waals surface area contributed by atoms with E-state index in [1.54, 1.807) is 19.2 Å². The molecule has 0 bridgehead atoms. The molecule has 1 atom stereocenters.